The molecule has 3 aromatic rings. The zero-order valence-electron chi connectivity index (χ0n) is 12.2. The van der Waals surface area contributed by atoms with Crippen LogP contribution in [0.1, 0.15) is 0 Å². The molecule has 0 heterocycles. The van der Waals surface area contributed by atoms with Crippen LogP contribution in [0.25, 0.3) is 0 Å². The van der Waals surface area contributed by atoms with Gasteiger partial charge in [-0.15, -0.1) is 0 Å². The van der Waals surface area contributed by atoms with Gasteiger partial charge in [0, 0.05) is 15.1 Å². The van der Waals surface area contributed by atoms with Gasteiger partial charge in [-0.05, 0) is 42.5 Å². The summed E-state index contributed by atoms with van der Waals surface area (Å²) in [7, 11) is 0. The van der Waals surface area contributed by atoms with Gasteiger partial charge in [-0.1, -0.05) is 99.9 Å². The number of hydrogen-bond acceptors (Lipinski definition) is 0. The first-order valence-electron chi connectivity index (χ1n) is 6.61. The fourth-order valence-corrected chi connectivity index (χ4v) is 2.46. The fourth-order valence-electron chi connectivity index (χ4n) is 1.35. The molecule has 0 fully saturated rings. The lowest BCUT2D eigenvalue weighted by atomic mass is 10.4. The maximum atomic E-state index is 5.61. The Hall–Kier alpha value is -0.600. The summed E-state index contributed by atoms with van der Waals surface area (Å²) in [6, 6.07) is 21.6. The van der Waals surface area contributed by atoms with Crippen molar-refractivity contribution in [1.82, 2.24) is 0 Å². The van der Waals surface area contributed by atoms with Gasteiger partial charge in [0.05, 0.1) is 15.1 Å². The summed E-state index contributed by atoms with van der Waals surface area (Å²) in [5, 5.41) is 3.55. The molecule has 0 bridgehead atoms. The summed E-state index contributed by atoms with van der Waals surface area (Å²) in [6.45, 7) is 0. The average Bonchev–Trinajstić information content (AvgIpc) is 2.54. The van der Waals surface area contributed by atoms with Crippen LogP contribution >= 0.6 is 69.6 Å². The Bertz CT molecular complexity index is 706. The predicted octanol–water partition coefficient (Wildman–Crippen LogP) is 8.98. The first kappa shape index (κ1) is 21.4. The van der Waals surface area contributed by atoms with Crippen molar-refractivity contribution in [2.75, 3.05) is 0 Å². The van der Waals surface area contributed by atoms with Gasteiger partial charge in [0.1, 0.15) is 0 Å². The second-order valence-corrected chi connectivity index (χ2v) is 6.77. The summed E-state index contributed by atoms with van der Waals surface area (Å²) in [4.78, 5) is 0. The van der Waals surface area contributed by atoms with E-state index < -0.39 is 0 Å². The second kappa shape index (κ2) is 11.9. The smallest absolute Gasteiger partial charge is 0.0778 e. The first-order valence-corrected chi connectivity index (χ1v) is 8.88. The average molecular weight is 441 g/mol. The SMILES string of the molecule is Clc1cccc(Cl)c1.Clc1cccc(Cl)c1Cl.Clc1ccccc1. The normalized spacial score (nSPS) is 9.25. The summed E-state index contributed by atoms with van der Waals surface area (Å²) < 4.78 is 0. The summed E-state index contributed by atoms with van der Waals surface area (Å²) in [6.07, 6.45) is 0. The molecule has 126 valence electrons. The highest BCUT2D eigenvalue weighted by atomic mass is 35.5. The maximum Gasteiger partial charge on any atom is 0.0778 e. The van der Waals surface area contributed by atoms with E-state index in [1.807, 2.05) is 36.4 Å². The lowest BCUT2D eigenvalue weighted by Gasteiger charge is -1.94. The molecule has 0 aliphatic rings. The van der Waals surface area contributed by atoms with E-state index in [2.05, 4.69) is 0 Å². The number of hydrogen-bond donors (Lipinski definition) is 0. The van der Waals surface area contributed by atoms with Crippen LogP contribution in [-0.4, -0.2) is 0 Å². The Morgan fingerprint density at radius 1 is 0.417 bits per heavy atom. The van der Waals surface area contributed by atoms with Crippen molar-refractivity contribution in [2.24, 2.45) is 0 Å². The Morgan fingerprint density at radius 2 is 0.833 bits per heavy atom. The molecule has 24 heavy (non-hydrogen) atoms. The minimum absolute atomic E-state index is 0.417. The van der Waals surface area contributed by atoms with Gasteiger partial charge in [0.15, 0.2) is 0 Å². The predicted molar refractivity (Wildman–Crippen MR) is 109 cm³/mol. The van der Waals surface area contributed by atoms with Crippen molar-refractivity contribution in [3.63, 3.8) is 0 Å². The van der Waals surface area contributed by atoms with Crippen LogP contribution in [0.4, 0.5) is 0 Å². The molecular formula is C18H12Cl6. The number of benzene rings is 3. The van der Waals surface area contributed by atoms with Gasteiger partial charge in [-0.2, -0.15) is 0 Å². The zero-order valence-corrected chi connectivity index (χ0v) is 16.7. The fraction of sp³-hybridized carbons (Fsp3) is 0. The van der Waals surface area contributed by atoms with Gasteiger partial charge in [0.2, 0.25) is 0 Å². The van der Waals surface area contributed by atoms with Gasteiger partial charge >= 0.3 is 0 Å². The monoisotopic (exact) mass is 438 g/mol. The minimum Gasteiger partial charge on any atom is -0.0843 e. The highest BCUT2D eigenvalue weighted by Gasteiger charge is 1.98. The van der Waals surface area contributed by atoms with Crippen molar-refractivity contribution in [3.8, 4) is 0 Å². The van der Waals surface area contributed by atoms with Crippen LogP contribution in [0.2, 0.25) is 30.1 Å². The van der Waals surface area contributed by atoms with Crippen LogP contribution in [-0.2, 0) is 0 Å². The molecule has 0 aromatic heterocycles. The highest BCUT2D eigenvalue weighted by Crippen LogP contribution is 2.28. The van der Waals surface area contributed by atoms with Crippen LogP contribution in [0.3, 0.4) is 0 Å². The van der Waals surface area contributed by atoms with E-state index in [0.717, 1.165) is 5.02 Å². The standard InChI is InChI=1S/C6H3Cl3.C6H4Cl2.C6H5Cl/c7-4-2-1-3-5(8)6(4)9;7-5-2-1-3-6(8)4-5;7-6-4-2-1-3-5-6/h1-3H;1-4H;1-5H. The molecule has 0 spiro atoms. The summed E-state index contributed by atoms with van der Waals surface area (Å²) >= 11 is 33.5. The van der Waals surface area contributed by atoms with Gasteiger partial charge < -0.3 is 0 Å². The quantitative estimate of drug-likeness (QED) is 0.306. The molecule has 0 radical (unpaired) electrons. The molecule has 0 unspecified atom stereocenters. The molecular weight excluding hydrogens is 429 g/mol. The third-order valence-electron chi connectivity index (χ3n) is 2.42. The van der Waals surface area contributed by atoms with E-state index in [4.69, 9.17) is 69.6 Å². The van der Waals surface area contributed by atoms with Gasteiger partial charge in [-0.25, -0.2) is 0 Å². The van der Waals surface area contributed by atoms with Crippen molar-refractivity contribution in [3.05, 3.63) is 103 Å². The van der Waals surface area contributed by atoms with Gasteiger partial charge in [0.25, 0.3) is 0 Å². The Balaban J connectivity index is 0.000000181. The van der Waals surface area contributed by atoms with Crippen LogP contribution in [0.5, 0.6) is 0 Å². The molecule has 0 saturated heterocycles. The van der Waals surface area contributed by atoms with Crippen molar-refractivity contribution in [1.29, 1.82) is 0 Å². The lowest BCUT2D eigenvalue weighted by molar-refractivity contribution is 1.70. The molecule has 0 amide bonds. The summed E-state index contributed by atoms with van der Waals surface area (Å²) in [5.74, 6) is 0. The molecule has 0 nitrogen and oxygen atoms in total. The number of halogens is 6. The van der Waals surface area contributed by atoms with Crippen LogP contribution in [0, 0.1) is 0 Å². The molecule has 0 N–H and O–H groups in total. The largest absolute Gasteiger partial charge is 0.0843 e. The van der Waals surface area contributed by atoms with E-state index >= 15 is 0 Å². The number of rotatable bonds is 0. The maximum absolute atomic E-state index is 5.61. The van der Waals surface area contributed by atoms with E-state index in [-0.39, 0.29) is 0 Å². The van der Waals surface area contributed by atoms with Crippen molar-refractivity contribution >= 4 is 69.6 Å². The molecule has 0 aliphatic heterocycles. The Labute approximate surface area is 171 Å². The first-order chi connectivity index (χ1) is 11.4. The van der Waals surface area contributed by atoms with E-state index in [9.17, 15) is 0 Å². The van der Waals surface area contributed by atoms with Crippen LogP contribution < -0.4 is 0 Å². The van der Waals surface area contributed by atoms with Gasteiger partial charge in [-0.3, -0.25) is 0 Å². The summed E-state index contributed by atoms with van der Waals surface area (Å²) in [5.41, 5.74) is 0. The Kier molecular flexibility index (Phi) is 10.6. The molecule has 3 aromatic carbocycles. The third kappa shape index (κ3) is 9.03. The Morgan fingerprint density at radius 3 is 1.12 bits per heavy atom. The molecule has 6 heteroatoms. The van der Waals surface area contributed by atoms with Crippen LogP contribution in [0.15, 0.2) is 72.8 Å². The second-order valence-electron chi connectivity index (χ2n) is 4.27. The molecule has 0 saturated carbocycles. The molecule has 3 rings (SSSR count). The van der Waals surface area contributed by atoms with Crippen molar-refractivity contribution in [2.45, 2.75) is 0 Å². The third-order valence-corrected chi connectivity index (χ3v) is 4.38. The highest BCUT2D eigenvalue weighted by molar-refractivity contribution is 6.47. The lowest BCUT2D eigenvalue weighted by Crippen LogP contribution is -1.67. The van der Waals surface area contributed by atoms with E-state index in [0.29, 0.717) is 25.1 Å². The van der Waals surface area contributed by atoms with E-state index in [1.165, 1.54) is 0 Å². The molecule has 0 aliphatic carbocycles. The van der Waals surface area contributed by atoms with Crippen molar-refractivity contribution < 1.29 is 0 Å². The topological polar surface area (TPSA) is 0 Å². The molecule has 0 atom stereocenters. The van der Waals surface area contributed by atoms with E-state index in [1.54, 1.807) is 36.4 Å². The minimum atomic E-state index is 0.417. The zero-order chi connectivity index (χ0) is 17.9.